The van der Waals surface area contributed by atoms with E-state index in [9.17, 15) is 4.79 Å². The van der Waals surface area contributed by atoms with Gasteiger partial charge >= 0.3 is 0 Å². The number of hydrogen-bond donors (Lipinski definition) is 2. The number of nitrogens with two attached hydrogens (primary N) is 1. The summed E-state index contributed by atoms with van der Waals surface area (Å²) in [6.45, 7) is 10.9. The second kappa shape index (κ2) is 9.42. The zero-order valence-electron chi connectivity index (χ0n) is 14.6. The Morgan fingerprint density at radius 3 is 2.43 bits per heavy atom. The van der Waals surface area contributed by atoms with Gasteiger partial charge in [-0.25, -0.2) is 0 Å². The molecule has 0 aromatic heterocycles. The Bertz CT molecular complexity index is 376. The minimum absolute atomic E-state index is 0. The molecule has 1 heterocycles. The van der Waals surface area contributed by atoms with Gasteiger partial charge in [-0.2, -0.15) is 0 Å². The zero-order valence-corrected chi connectivity index (χ0v) is 16.2. The van der Waals surface area contributed by atoms with Crippen molar-refractivity contribution in [1.82, 2.24) is 10.2 Å². The first-order valence-electron chi connectivity index (χ1n) is 8.33. The Kier molecular flexibility index (Phi) is 9.39. The van der Waals surface area contributed by atoms with Crippen molar-refractivity contribution in [2.75, 3.05) is 32.8 Å². The summed E-state index contributed by atoms with van der Waals surface area (Å²) in [7, 11) is 0. The predicted octanol–water partition coefficient (Wildman–Crippen LogP) is 1.96. The molecule has 1 aliphatic carbocycles. The van der Waals surface area contributed by atoms with Crippen LogP contribution in [0.3, 0.4) is 0 Å². The number of amides is 1. The molecule has 0 radical (unpaired) electrons. The summed E-state index contributed by atoms with van der Waals surface area (Å²) in [5.74, 6) is -0.0233. The Morgan fingerprint density at radius 1 is 1.30 bits per heavy atom. The predicted molar refractivity (Wildman–Crippen MR) is 98.5 cm³/mol. The molecule has 2 fully saturated rings. The molecule has 2 atom stereocenters. The standard InChI is InChI=1S/C16H31N3O2.2ClH/c1-4-21-13-12-16(17,15(13,2)3)14(20)18-8-7-11-19-9-5-6-10-19;;/h13H,4-12,17H2,1-3H3,(H,18,20);2*1H. The minimum atomic E-state index is -0.791. The average Bonchev–Trinajstić information content (AvgIpc) is 2.96. The van der Waals surface area contributed by atoms with E-state index in [4.69, 9.17) is 10.5 Å². The van der Waals surface area contributed by atoms with Crippen LogP contribution in [0.2, 0.25) is 0 Å². The molecular weight excluding hydrogens is 337 g/mol. The van der Waals surface area contributed by atoms with E-state index in [-0.39, 0.29) is 42.2 Å². The molecule has 2 unspecified atom stereocenters. The van der Waals surface area contributed by atoms with E-state index in [2.05, 4.69) is 10.2 Å². The lowest BCUT2D eigenvalue weighted by molar-refractivity contribution is -0.170. The molecule has 0 aromatic carbocycles. The molecule has 1 amide bonds. The minimum Gasteiger partial charge on any atom is -0.378 e. The van der Waals surface area contributed by atoms with Crippen LogP contribution in [0.1, 0.15) is 46.5 Å². The van der Waals surface area contributed by atoms with Gasteiger partial charge in [0.1, 0.15) is 5.54 Å². The average molecular weight is 370 g/mol. The summed E-state index contributed by atoms with van der Waals surface area (Å²) in [5, 5.41) is 3.02. The fraction of sp³-hybridized carbons (Fsp3) is 0.938. The van der Waals surface area contributed by atoms with E-state index in [1.807, 2.05) is 20.8 Å². The van der Waals surface area contributed by atoms with E-state index < -0.39 is 5.54 Å². The monoisotopic (exact) mass is 369 g/mol. The molecule has 7 heteroatoms. The lowest BCUT2D eigenvalue weighted by Gasteiger charge is -2.57. The maximum atomic E-state index is 12.4. The molecule has 23 heavy (non-hydrogen) atoms. The molecule has 0 bridgehead atoms. The number of carbonyl (C=O) groups excluding carboxylic acids is 1. The van der Waals surface area contributed by atoms with Gasteiger partial charge in [-0.15, -0.1) is 24.8 Å². The van der Waals surface area contributed by atoms with Gasteiger partial charge in [0.05, 0.1) is 6.10 Å². The van der Waals surface area contributed by atoms with Crippen LogP contribution in [0.25, 0.3) is 0 Å². The molecule has 0 aromatic rings. The molecular formula is C16H33Cl2N3O2. The van der Waals surface area contributed by atoms with Gasteiger partial charge in [0.15, 0.2) is 0 Å². The quantitative estimate of drug-likeness (QED) is 0.673. The van der Waals surface area contributed by atoms with Crippen molar-refractivity contribution < 1.29 is 9.53 Å². The van der Waals surface area contributed by atoms with Crippen LogP contribution in [0.5, 0.6) is 0 Å². The van der Waals surface area contributed by atoms with Crippen molar-refractivity contribution in [3.05, 3.63) is 0 Å². The summed E-state index contributed by atoms with van der Waals surface area (Å²) in [5.41, 5.74) is 5.25. The highest BCUT2D eigenvalue weighted by molar-refractivity contribution is 5.88. The third-order valence-electron chi connectivity index (χ3n) is 5.37. The SMILES string of the molecule is CCOC1CC(N)(C(=O)NCCCN2CCCC2)C1(C)C.Cl.Cl. The van der Waals surface area contributed by atoms with E-state index in [0.29, 0.717) is 19.6 Å². The van der Waals surface area contributed by atoms with Crippen molar-refractivity contribution in [3.8, 4) is 0 Å². The summed E-state index contributed by atoms with van der Waals surface area (Å²) in [6, 6.07) is 0. The van der Waals surface area contributed by atoms with E-state index in [1.165, 1.54) is 25.9 Å². The summed E-state index contributed by atoms with van der Waals surface area (Å²) in [6.07, 6.45) is 4.32. The Hall–Kier alpha value is -0.0700. The van der Waals surface area contributed by atoms with Crippen molar-refractivity contribution in [1.29, 1.82) is 0 Å². The highest BCUT2D eigenvalue weighted by Gasteiger charge is 2.62. The highest BCUT2D eigenvalue weighted by Crippen LogP contribution is 2.49. The van der Waals surface area contributed by atoms with Gasteiger partial charge in [0.25, 0.3) is 0 Å². The molecule has 0 spiro atoms. The molecule has 3 N–H and O–H groups in total. The van der Waals surface area contributed by atoms with Crippen LogP contribution in [0, 0.1) is 5.41 Å². The van der Waals surface area contributed by atoms with E-state index in [0.717, 1.165) is 13.0 Å². The van der Waals surface area contributed by atoms with Gasteiger partial charge in [0.2, 0.25) is 5.91 Å². The molecule has 1 saturated carbocycles. The molecule has 1 saturated heterocycles. The maximum absolute atomic E-state index is 12.4. The van der Waals surface area contributed by atoms with Crippen LogP contribution in [-0.4, -0.2) is 55.2 Å². The van der Waals surface area contributed by atoms with Gasteiger partial charge in [-0.1, -0.05) is 13.8 Å². The number of rotatable bonds is 7. The Morgan fingerprint density at radius 2 is 1.91 bits per heavy atom. The van der Waals surface area contributed by atoms with Gasteiger partial charge < -0.3 is 20.7 Å². The summed E-state index contributed by atoms with van der Waals surface area (Å²) in [4.78, 5) is 14.9. The topological polar surface area (TPSA) is 67.6 Å². The van der Waals surface area contributed by atoms with Gasteiger partial charge in [-0.3, -0.25) is 4.79 Å². The molecule has 5 nitrogen and oxygen atoms in total. The normalized spacial score (nSPS) is 29.1. The Balaban J connectivity index is 0.00000242. The number of likely N-dealkylation sites (tertiary alicyclic amines) is 1. The second-order valence-corrected chi connectivity index (χ2v) is 7.00. The number of halogens is 2. The third-order valence-corrected chi connectivity index (χ3v) is 5.37. The molecule has 2 rings (SSSR count). The zero-order chi connectivity index (χ0) is 15.5. The Labute approximate surface area is 152 Å². The van der Waals surface area contributed by atoms with E-state index in [1.54, 1.807) is 0 Å². The van der Waals surface area contributed by atoms with Crippen LogP contribution >= 0.6 is 24.8 Å². The first kappa shape index (κ1) is 22.9. The lowest BCUT2D eigenvalue weighted by Crippen LogP contribution is -2.75. The number of carbonyl (C=O) groups is 1. The largest absolute Gasteiger partial charge is 0.378 e. The van der Waals surface area contributed by atoms with Crippen LogP contribution in [-0.2, 0) is 9.53 Å². The van der Waals surface area contributed by atoms with Crippen molar-refractivity contribution in [2.24, 2.45) is 11.1 Å². The van der Waals surface area contributed by atoms with Crippen LogP contribution < -0.4 is 11.1 Å². The summed E-state index contributed by atoms with van der Waals surface area (Å²) >= 11 is 0. The number of hydrogen-bond acceptors (Lipinski definition) is 4. The highest BCUT2D eigenvalue weighted by atomic mass is 35.5. The van der Waals surface area contributed by atoms with Gasteiger partial charge in [-0.05, 0) is 45.8 Å². The van der Waals surface area contributed by atoms with Crippen molar-refractivity contribution in [3.63, 3.8) is 0 Å². The molecule has 2 aliphatic rings. The molecule has 138 valence electrons. The summed E-state index contributed by atoms with van der Waals surface area (Å²) < 4.78 is 5.67. The third kappa shape index (κ3) is 4.73. The second-order valence-electron chi connectivity index (χ2n) is 7.00. The molecule has 1 aliphatic heterocycles. The number of ether oxygens (including phenoxy) is 1. The fourth-order valence-corrected chi connectivity index (χ4v) is 3.49. The van der Waals surface area contributed by atoms with Gasteiger partial charge in [0, 0.05) is 25.0 Å². The smallest absolute Gasteiger partial charge is 0.240 e. The number of nitrogens with one attached hydrogen (secondary N) is 1. The first-order valence-corrected chi connectivity index (χ1v) is 8.33. The fourth-order valence-electron chi connectivity index (χ4n) is 3.49. The maximum Gasteiger partial charge on any atom is 0.240 e. The first-order chi connectivity index (χ1) is 9.91. The van der Waals surface area contributed by atoms with Crippen molar-refractivity contribution in [2.45, 2.75) is 58.1 Å². The van der Waals surface area contributed by atoms with Crippen LogP contribution in [0.15, 0.2) is 0 Å². The van der Waals surface area contributed by atoms with E-state index >= 15 is 0 Å². The van der Waals surface area contributed by atoms with Crippen LogP contribution in [0.4, 0.5) is 0 Å². The number of nitrogens with zero attached hydrogens (tertiary/aromatic N) is 1. The van der Waals surface area contributed by atoms with Crippen molar-refractivity contribution >= 4 is 30.7 Å². The lowest BCUT2D eigenvalue weighted by atomic mass is 9.54.